The summed E-state index contributed by atoms with van der Waals surface area (Å²) >= 11 is 3.76. The van der Waals surface area contributed by atoms with E-state index < -0.39 is 5.41 Å². The lowest BCUT2D eigenvalue weighted by atomic mass is 9.66. The quantitative estimate of drug-likeness (QED) is 0.158. The fourth-order valence-electron chi connectivity index (χ4n) is 9.55. The summed E-state index contributed by atoms with van der Waals surface area (Å²) in [6.45, 7) is 0. The van der Waals surface area contributed by atoms with E-state index in [0.717, 1.165) is 10.2 Å². The van der Waals surface area contributed by atoms with Crippen LogP contribution in [0.1, 0.15) is 22.3 Å². The Labute approximate surface area is 341 Å². The molecule has 1 aliphatic carbocycles. The zero-order valence-electron chi connectivity index (χ0n) is 31.1. The van der Waals surface area contributed by atoms with E-state index in [1.165, 1.54) is 88.6 Å². The molecule has 0 N–H and O–H groups in total. The van der Waals surface area contributed by atoms with E-state index in [4.69, 9.17) is 0 Å². The second kappa shape index (κ2) is 13.5. The molecule has 0 saturated heterocycles. The third-order valence-electron chi connectivity index (χ3n) is 11.9. The monoisotopic (exact) mass is 789 g/mol. The number of aromatic nitrogens is 1. The Bertz CT molecular complexity index is 3100. The molecule has 0 radical (unpaired) electrons. The summed E-state index contributed by atoms with van der Waals surface area (Å²) < 4.78 is 3.54. The molecule has 0 fully saturated rings. The van der Waals surface area contributed by atoms with E-state index in [-0.39, 0.29) is 0 Å². The summed E-state index contributed by atoms with van der Waals surface area (Å²) in [6.07, 6.45) is 0. The summed E-state index contributed by atoms with van der Waals surface area (Å²) in [5.74, 6) is 0. The van der Waals surface area contributed by atoms with Crippen molar-refractivity contribution in [1.82, 2.24) is 4.57 Å². The van der Waals surface area contributed by atoms with Crippen LogP contribution in [0.15, 0.2) is 223 Å². The molecule has 0 saturated carbocycles. The van der Waals surface area contributed by atoms with Gasteiger partial charge >= 0.3 is 0 Å². The fraction of sp³-hybridized carbons (Fsp3) is 0.0182. The molecule has 0 aliphatic heterocycles. The molecule has 1 aromatic heterocycles. The topological polar surface area (TPSA) is 4.93 Å². The minimum atomic E-state index is -0.488. The Morgan fingerprint density at radius 3 is 1.70 bits per heavy atom. The first-order valence-corrected chi connectivity index (χ1v) is 20.3. The first-order valence-electron chi connectivity index (χ1n) is 19.5. The third kappa shape index (κ3) is 5.21. The highest BCUT2D eigenvalue weighted by molar-refractivity contribution is 9.10. The fourth-order valence-corrected chi connectivity index (χ4v) is 10.1. The van der Waals surface area contributed by atoms with E-state index in [2.05, 4.69) is 239 Å². The lowest BCUT2D eigenvalue weighted by Crippen LogP contribution is -2.29. The highest BCUT2D eigenvalue weighted by Gasteiger charge is 2.47. The molecule has 1 heterocycles. The Kier molecular flexibility index (Phi) is 7.94. The third-order valence-corrected chi connectivity index (χ3v) is 12.6. The summed E-state index contributed by atoms with van der Waals surface area (Å²) in [5, 5.41) is 2.48. The van der Waals surface area contributed by atoms with Gasteiger partial charge in [0, 0.05) is 20.9 Å². The van der Waals surface area contributed by atoms with Crippen molar-refractivity contribution in [3.8, 4) is 50.2 Å². The number of para-hydroxylation sites is 1. The van der Waals surface area contributed by atoms with Crippen LogP contribution in [0.5, 0.6) is 0 Å². The van der Waals surface area contributed by atoms with E-state index in [9.17, 15) is 0 Å². The van der Waals surface area contributed by atoms with Crippen molar-refractivity contribution in [2.75, 3.05) is 0 Å². The van der Waals surface area contributed by atoms with Crippen LogP contribution in [0.25, 0.3) is 72.0 Å². The molecule has 2 heteroatoms. The molecule has 10 aromatic rings. The SMILES string of the molecule is Brc1ccccc1-c1cccc(-c2ccc3c(c2)c2ccccc2n3-c2cccc(-c3cccc4c3C(c3ccccc3)(c3ccccc3)c3ccccc3-4)c2)c1. The van der Waals surface area contributed by atoms with Crippen molar-refractivity contribution >= 4 is 37.7 Å². The van der Waals surface area contributed by atoms with Gasteiger partial charge in [-0.25, -0.2) is 0 Å². The number of hydrogen-bond donors (Lipinski definition) is 0. The number of fused-ring (bicyclic) bond motifs is 6. The zero-order valence-corrected chi connectivity index (χ0v) is 32.7. The van der Waals surface area contributed by atoms with Crippen LogP contribution in [0.4, 0.5) is 0 Å². The van der Waals surface area contributed by atoms with Gasteiger partial charge in [0.1, 0.15) is 0 Å². The van der Waals surface area contributed by atoms with Crippen LogP contribution >= 0.6 is 15.9 Å². The van der Waals surface area contributed by atoms with Crippen LogP contribution in [-0.4, -0.2) is 4.57 Å². The van der Waals surface area contributed by atoms with Crippen LogP contribution in [0.3, 0.4) is 0 Å². The predicted molar refractivity (Wildman–Crippen MR) is 242 cm³/mol. The second-order valence-electron chi connectivity index (χ2n) is 15.0. The minimum Gasteiger partial charge on any atom is -0.309 e. The van der Waals surface area contributed by atoms with Crippen LogP contribution in [0.2, 0.25) is 0 Å². The Morgan fingerprint density at radius 2 is 0.912 bits per heavy atom. The number of benzene rings is 9. The number of halogens is 1. The maximum Gasteiger partial charge on any atom is 0.0719 e. The second-order valence-corrected chi connectivity index (χ2v) is 15.8. The van der Waals surface area contributed by atoms with Gasteiger partial charge in [0.15, 0.2) is 0 Å². The molecular weight excluding hydrogens is 755 g/mol. The van der Waals surface area contributed by atoms with Crippen molar-refractivity contribution in [3.63, 3.8) is 0 Å². The van der Waals surface area contributed by atoms with Crippen molar-refractivity contribution in [1.29, 1.82) is 0 Å². The van der Waals surface area contributed by atoms with E-state index in [1.807, 2.05) is 0 Å². The van der Waals surface area contributed by atoms with Gasteiger partial charge in [0.2, 0.25) is 0 Å². The van der Waals surface area contributed by atoms with Crippen molar-refractivity contribution in [2.45, 2.75) is 5.41 Å². The van der Waals surface area contributed by atoms with Crippen LogP contribution in [0, 0.1) is 0 Å². The summed E-state index contributed by atoms with van der Waals surface area (Å²) in [6, 6.07) is 80.2. The smallest absolute Gasteiger partial charge is 0.0719 e. The minimum absolute atomic E-state index is 0.488. The van der Waals surface area contributed by atoms with Gasteiger partial charge in [-0.15, -0.1) is 0 Å². The number of hydrogen-bond acceptors (Lipinski definition) is 0. The predicted octanol–water partition coefficient (Wildman–Crippen LogP) is 14.9. The zero-order chi connectivity index (χ0) is 37.9. The first kappa shape index (κ1) is 33.6. The molecule has 1 aliphatic rings. The maximum atomic E-state index is 3.76. The molecule has 0 spiro atoms. The molecule has 11 rings (SSSR count). The van der Waals surface area contributed by atoms with Crippen LogP contribution in [-0.2, 0) is 5.41 Å². The molecular formula is C55H36BrN. The molecule has 9 aromatic carbocycles. The highest BCUT2D eigenvalue weighted by Crippen LogP contribution is 2.58. The normalized spacial score (nSPS) is 12.8. The van der Waals surface area contributed by atoms with Crippen molar-refractivity contribution < 1.29 is 0 Å². The van der Waals surface area contributed by atoms with Crippen LogP contribution < -0.4 is 0 Å². The number of rotatable bonds is 6. The molecule has 1 nitrogen and oxygen atoms in total. The average molecular weight is 791 g/mol. The van der Waals surface area contributed by atoms with Gasteiger partial charge in [-0.3, -0.25) is 0 Å². The Hall–Kier alpha value is -6.74. The average Bonchev–Trinajstić information content (AvgIpc) is 3.78. The Balaban J connectivity index is 1.10. The van der Waals surface area contributed by atoms with Gasteiger partial charge in [0.05, 0.1) is 16.4 Å². The maximum absolute atomic E-state index is 3.76. The summed E-state index contributed by atoms with van der Waals surface area (Å²) in [7, 11) is 0. The van der Waals surface area contributed by atoms with E-state index in [1.54, 1.807) is 0 Å². The standard InChI is InChI=1S/C55H36BrN/c56-51-30-11-8-24-44(51)39-17-13-16-37(34-39)38-32-33-53-49(36-38)47-26-9-12-31-52(47)57(53)43-23-14-18-40(35-43)45-27-15-28-48-46-25-7-10-29-50(46)55(54(45)48,41-19-3-1-4-20-41)42-21-5-2-6-22-42/h1-36H. The first-order chi connectivity index (χ1) is 28.2. The molecule has 0 atom stereocenters. The highest BCUT2D eigenvalue weighted by atomic mass is 79.9. The lowest BCUT2D eigenvalue weighted by Gasteiger charge is -2.35. The summed E-state index contributed by atoms with van der Waals surface area (Å²) in [5.41, 5.74) is 18.0. The Morgan fingerprint density at radius 1 is 0.351 bits per heavy atom. The van der Waals surface area contributed by atoms with Gasteiger partial charge in [-0.05, 0) is 109 Å². The van der Waals surface area contributed by atoms with Crippen molar-refractivity contribution in [2.24, 2.45) is 0 Å². The molecule has 268 valence electrons. The molecule has 57 heavy (non-hydrogen) atoms. The largest absolute Gasteiger partial charge is 0.309 e. The summed E-state index contributed by atoms with van der Waals surface area (Å²) in [4.78, 5) is 0. The van der Waals surface area contributed by atoms with Gasteiger partial charge in [-0.2, -0.15) is 0 Å². The molecule has 0 amide bonds. The lowest BCUT2D eigenvalue weighted by molar-refractivity contribution is 0.770. The van der Waals surface area contributed by atoms with E-state index in [0.29, 0.717) is 0 Å². The molecule has 0 bridgehead atoms. The van der Waals surface area contributed by atoms with Gasteiger partial charge < -0.3 is 4.57 Å². The van der Waals surface area contributed by atoms with E-state index >= 15 is 0 Å². The molecule has 0 unspecified atom stereocenters. The number of nitrogens with zero attached hydrogens (tertiary/aromatic N) is 1. The van der Waals surface area contributed by atoms with Gasteiger partial charge in [-0.1, -0.05) is 192 Å². The van der Waals surface area contributed by atoms with Crippen molar-refractivity contribution in [3.05, 3.63) is 245 Å². The van der Waals surface area contributed by atoms with Gasteiger partial charge in [0.25, 0.3) is 0 Å².